The van der Waals surface area contributed by atoms with Gasteiger partial charge in [0.15, 0.2) is 37.7 Å². The number of carbonyl (C=O) groups excluding carboxylic acids is 3. The van der Waals surface area contributed by atoms with Crippen molar-refractivity contribution < 1.29 is 153 Å². The van der Waals surface area contributed by atoms with Crippen molar-refractivity contribution in [3.05, 3.63) is 0 Å². The second-order valence-electron chi connectivity index (χ2n) is 19.0. The topological polar surface area (TPSA) is 533 Å². The summed E-state index contributed by atoms with van der Waals surface area (Å²) in [5.74, 6) is -2.43. The lowest BCUT2D eigenvalue weighted by Crippen LogP contribution is -2.71. The van der Waals surface area contributed by atoms with Crippen molar-refractivity contribution in [1.82, 2.24) is 16.0 Å². The Balaban J connectivity index is 1.30. The van der Waals surface area contributed by atoms with E-state index < -0.39 is 241 Å². The molecule has 0 aliphatic carbocycles. The molecule has 0 spiro atoms. The van der Waals surface area contributed by atoms with Crippen molar-refractivity contribution in [2.75, 3.05) is 39.6 Å². The molecule has 20 N–H and O–H groups in total. The molecular formula is C42H71N3O31. The van der Waals surface area contributed by atoms with Gasteiger partial charge in [0.2, 0.25) is 17.7 Å². The molecule has 0 bridgehead atoms. The second kappa shape index (κ2) is 27.2. The molecule has 6 heterocycles. The Hall–Kier alpha value is -2.71. The molecule has 0 aromatic carbocycles. The maximum atomic E-state index is 12.8. The molecule has 0 radical (unpaired) electrons. The van der Waals surface area contributed by atoms with Gasteiger partial charge in [0.1, 0.15) is 146 Å². The van der Waals surface area contributed by atoms with Gasteiger partial charge in [-0.05, 0) is 0 Å². The van der Waals surface area contributed by atoms with Gasteiger partial charge in [-0.25, -0.2) is 0 Å². The normalized spacial score (nSPS) is 48.2. The summed E-state index contributed by atoms with van der Waals surface area (Å²) in [5, 5.41) is 190. The Morgan fingerprint density at radius 2 is 0.605 bits per heavy atom. The van der Waals surface area contributed by atoms with Gasteiger partial charge >= 0.3 is 0 Å². The minimum atomic E-state index is -2.29. The summed E-state index contributed by atoms with van der Waals surface area (Å²) >= 11 is 0. The van der Waals surface area contributed by atoms with Gasteiger partial charge in [0.25, 0.3) is 0 Å². The zero-order valence-electron chi connectivity index (χ0n) is 40.9. The minimum absolute atomic E-state index is 0.734. The largest absolute Gasteiger partial charge is 0.394 e. The highest BCUT2D eigenvalue weighted by molar-refractivity contribution is 5.74. The van der Waals surface area contributed by atoms with Crippen LogP contribution in [0.5, 0.6) is 0 Å². The molecule has 30 atom stereocenters. The Morgan fingerprint density at radius 1 is 0.316 bits per heavy atom. The lowest BCUT2D eigenvalue weighted by atomic mass is 9.93. The lowest BCUT2D eigenvalue weighted by Gasteiger charge is -2.51. The summed E-state index contributed by atoms with van der Waals surface area (Å²) in [7, 11) is 0. The van der Waals surface area contributed by atoms with Crippen LogP contribution in [0.15, 0.2) is 0 Å². The van der Waals surface area contributed by atoms with Gasteiger partial charge in [-0.15, -0.1) is 0 Å². The van der Waals surface area contributed by atoms with Crippen LogP contribution in [0.2, 0.25) is 0 Å². The Morgan fingerprint density at radius 3 is 1.01 bits per heavy atom. The summed E-state index contributed by atoms with van der Waals surface area (Å²) in [5.41, 5.74) is 0. The molecule has 440 valence electrons. The van der Waals surface area contributed by atoms with Crippen molar-refractivity contribution in [2.24, 2.45) is 0 Å². The standard InChI is InChI=1S/C42H71N3O31/c1-10(52)43-19-24(57)22(55)13(4-46)67-38(19)72-34-17(8-50)70-41(30(63)28(34)61)73-32-16(7-49)69-40(21(26(32)59)45-12(3)54)76-36-31(64)42(74-33-15(6-48)66-37(65)29(62)27(33)60)71-18(9-51)35(36)75-39-20(44-11(2)53)25(58)23(56)14(5-47)68-39/h13-42,46-51,55-65H,4-9H2,1-3H3,(H,43,52)(H,44,53)(H,45,54)/t13-,14-,15-,16-,17-,18-,19-,20-,21-,22+,23+,24-,25-,26-,27-,28-,29-,30-,31-,32-,33-,34+,35+,36-,37-,38+,39+,40+,41+,42+/m1/s1. The van der Waals surface area contributed by atoms with Gasteiger partial charge in [-0.1, -0.05) is 0 Å². The summed E-state index contributed by atoms with van der Waals surface area (Å²) in [4.78, 5) is 37.2. The van der Waals surface area contributed by atoms with Crippen LogP contribution in [0.4, 0.5) is 0 Å². The molecule has 0 aromatic rings. The molecule has 6 fully saturated rings. The third-order valence-electron chi connectivity index (χ3n) is 13.6. The van der Waals surface area contributed by atoms with E-state index in [1.807, 2.05) is 0 Å². The lowest BCUT2D eigenvalue weighted by molar-refractivity contribution is -0.395. The third-order valence-corrected chi connectivity index (χ3v) is 13.6. The van der Waals surface area contributed by atoms with Crippen LogP contribution >= 0.6 is 0 Å². The first-order valence-corrected chi connectivity index (χ1v) is 24.1. The molecule has 6 aliphatic rings. The molecule has 6 aliphatic heterocycles. The van der Waals surface area contributed by atoms with Crippen molar-refractivity contribution in [1.29, 1.82) is 0 Å². The van der Waals surface area contributed by atoms with Crippen molar-refractivity contribution in [2.45, 2.75) is 205 Å². The van der Waals surface area contributed by atoms with E-state index in [2.05, 4.69) is 16.0 Å². The molecule has 34 heteroatoms. The summed E-state index contributed by atoms with van der Waals surface area (Å²) < 4.78 is 64.0. The molecular weight excluding hydrogens is 1040 g/mol. The van der Waals surface area contributed by atoms with E-state index in [4.69, 9.17) is 52.1 Å². The van der Waals surface area contributed by atoms with E-state index in [0.29, 0.717) is 0 Å². The Labute approximate surface area is 431 Å². The highest BCUT2D eigenvalue weighted by Gasteiger charge is 2.59. The number of hydrogen-bond acceptors (Lipinski definition) is 31. The number of nitrogens with one attached hydrogen (secondary N) is 3. The molecule has 0 unspecified atom stereocenters. The first-order chi connectivity index (χ1) is 35.9. The van der Waals surface area contributed by atoms with Crippen LogP contribution in [-0.2, 0) is 66.5 Å². The summed E-state index contributed by atoms with van der Waals surface area (Å²) in [6.45, 7) is -2.89. The van der Waals surface area contributed by atoms with Crippen LogP contribution in [0, 0.1) is 0 Å². The molecule has 6 rings (SSSR count). The minimum Gasteiger partial charge on any atom is -0.394 e. The van der Waals surface area contributed by atoms with E-state index in [0.717, 1.165) is 20.8 Å². The van der Waals surface area contributed by atoms with Gasteiger partial charge in [0, 0.05) is 20.8 Å². The predicted molar refractivity (Wildman–Crippen MR) is 234 cm³/mol. The highest BCUT2D eigenvalue weighted by atomic mass is 16.8. The monoisotopic (exact) mass is 1110 g/mol. The van der Waals surface area contributed by atoms with Crippen LogP contribution in [-0.4, -0.2) is 328 Å². The molecule has 3 amide bonds. The fourth-order valence-electron chi connectivity index (χ4n) is 9.73. The van der Waals surface area contributed by atoms with Crippen LogP contribution < -0.4 is 16.0 Å². The number of amides is 3. The van der Waals surface area contributed by atoms with Gasteiger partial charge in [0.05, 0.1) is 39.6 Å². The smallest absolute Gasteiger partial charge is 0.217 e. The van der Waals surface area contributed by atoms with E-state index >= 15 is 0 Å². The average Bonchev–Trinajstić information content (AvgIpc) is 3.38. The van der Waals surface area contributed by atoms with E-state index in [1.165, 1.54) is 0 Å². The van der Waals surface area contributed by atoms with Crippen LogP contribution in [0.25, 0.3) is 0 Å². The number of aliphatic hydroxyl groups is 17. The average molecular weight is 1110 g/mol. The molecule has 0 aromatic heterocycles. The second-order valence-corrected chi connectivity index (χ2v) is 19.0. The number of hydrogen-bond donors (Lipinski definition) is 20. The Bertz CT molecular complexity index is 1870. The van der Waals surface area contributed by atoms with Gasteiger partial charge in [-0.2, -0.15) is 0 Å². The number of ether oxygens (including phenoxy) is 11. The van der Waals surface area contributed by atoms with Crippen LogP contribution in [0.1, 0.15) is 20.8 Å². The van der Waals surface area contributed by atoms with Gasteiger partial charge < -0.3 is 155 Å². The molecule has 76 heavy (non-hydrogen) atoms. The number of aliphatic hydroxyl groups excluding tert-OH is 17. The SMILES string of the molecule is CC(=O)N[C@H]1[C@H](O[C@@H]2[C@@H](O)[C@H](O[C@H]3[C@H](O)[C@@H](O)[C@H](O)O[C@@H]3CO)O[C@H](CO)[C@@H]2O[C@@H]2O[C@H](CO)[C@H](O)[C@H](O)[C@H]2NC(C)=O)O[C@H](CO)[C@@H](O[C@@H]2O[C@H](CO)[C@H](O[C@@H]3O[C@H](CO)[C@H](O)[C@H](O)[C@H]3NC(C)=O)[C@H](O)[C@H]2O)[C@@H]1O. The quantitative estimate of drug-likeness (QED) is 0.0571. The zero-order chi connectivity index (χ0) is 56.2. The van der Waals surface area contributed by atoms with Crippen molar-refractivity contribution in [3.63, 3.8) is 0 Å². The maximum Gasteiger partial charge on any atom is 0.217 e. The maximum absolute atomic E-state index is 12.8. The molecule has 6 saturated heterocycles. The summed E-state index contributed by atoms with van der Waals surface area (Å²) in [6, 6.07) is -5.10. The third kappa shape index (κ3) is 13.5. The summed E-state index contributed by atoms with van der Waals surface area (Å²) in [6.07, 6.45) is -51.7. The van der Waals surface area contributed by atoms with Crippen molar-refractivity contribution >= 4 is 17.7 Å². The fraction of sp³-hybridized carbons (Fsp3) is 0.929. The van der Waals surface area contributed by atoms with Gasteiger partial charge in [-0.3, -0.25) is 14.4 Å². The Kier molecular flexibility index (Phi) is 22.3. The number of carbonyl (C=O) groups is 3. The van der Waals surface area contributed by atoms with E-state index in [-0.39, 0.29) is 0 Å². The number of rotatable bonds is 19. The van der Waals surface area contributed by atoms with E-state index in [9.17, 15) is 101 Å². The zero-order valence-corrected chi connectivity index (χ0v) is 40.9. The van der Waals surface area contributed by atoms with Crippen LogP contribution in [0.3, 0.4) is 0 Å². The van der Waals surface area contributed by atoms with Crippen molar-refractivity contribution in [3.8, 4) is 0 Å². The first kappa shape index (κ1) is 62.5. The molecule has 0 saturated carbocycles. The fourth-order valence-corrected chi connectivity index (χ4v) is 9.73. The van der Waals surface area contributed by atoms with E-state index in [1.54, 1.807) is 0 Å². The molecule has 34 nitrogen and oxygen atoms in total. The predicted octanol–water partition coefficient (Wildman–Crippen LogP) is -13.7. The highest BCUT2D eigenvalue weighted by Crippen LogP contribution is 2.38. The first-order valence-electron chi connectivity index (χ1n) is 24.1.